The number of fused-ring (bicyclic) bond motifs is 1. The van der Waals surface area contributed by atoms with Gasteiger partial charge in [-0.15, -0.1) is 11.6 Å². The van der Waals surface area contributed by atoms with Crippen molar-refractivity contribution < 1.29 is 0 Å². The Morgan fingerprint density at radius 3 is 2.78 bits per heavy atom. The Balaban J connectivity index is 2.12. The molecule has 0 saturated heterocycles. The second-order valence-electron chi connectivity index (χ2n) is 5.85. The molecular weight excluding hydrogens is 244 g/mol. The third-order valence-corrected chi connectivity index (χ3v) is 4.51. The van der Waals surface area contributed by atoms with Gasteiger partial charge >= 0.3 is 0 Å². The minimum absolute atomic E-state index is 0.441. The van der Waals surface area contributed by atoms with Crippen molar-refractivity contribution in [3.05, 3.63) is 29.6 Å². The van der Waals surface area contributed by atoms with Gasteiger partial charge in [-0.25, -0.2) is 4.98 Å². The SMILES string of the molecule is Cc1cccc2nc(CCl)n(CC3(C)CCC3)c12. The fourth-order valence-electron chi connectivity index (χ4n) is 3.01. The first-order valence-electron chi connectivity index (χ1n) is 6.64. The number of aryl methyl sites for hydroxylation is 1. The van der Waals surface area contributed by atoms with Gasteiger partial charge in [0, 0.05) is 6.54 Å². The van der Waals surface area contributed by atoms with E-state index >= 15 is 0 Å². The lowest BCUT2D eigenvalue weighted by Crippen LogP contribution is -2.31. The zero-order valence-electron chi connectivity index (χ0n) is 11.0. The molecule has 1 aliphatic rings. The second kappa shape index (κ2) is 4.27. The van der Waals surface area contributed by atoms with E-state index in [9.17, 15) is 0 Å². The van der Waals surface area contributed by atoms with E-state index in [4.69, 9.17) is 11.6 Å². The summed E-state index contributed by atoms with van der Waals surface area (Å²) in [6.45, 7) is 5.58. The lowest BCUT2D eigenvalue weighted by atomic mass is 9.70. The maximum Gasteiger partial charge on any atom is 0.124 e. The van der Waals surface area contributed by atoms with Gasteiger partial charge in [-0.05, 0) is 36.8 Å². The summed E-state index contributed by atoms with van der Waals surface area (Å²) in [5.41, 5.74) is 4.07. The first-order valence-corrected chi connectivity index (χ1v) is 7.17. The van der Waals surface area contributed by atoms with Crippen LogP contribution in [0.5, 0.6) is 0 Å². The molecule has 0 radical (unpaired) electrons. The molecule has 1 aromatic heterocycles. The van der Waals surface area contributed by atoms with Crippen LogP contribution < -0.4 is 0 Å². The molecular formula is C15H19ClN2. The molecule has 0 atom stereocenters. The topological polar surface area (TPSA) is 17.8 Å². The number of nitrogens with zero attached hydrogens (tertiary/aromatic N) is 2. The van der Waals surface area contributed by atoms with Gasteiger partial charge in [0.2, 0.25) is 0 Å². The van der Waals surface area contributed by atoms with Crippen LogP contribution in [0.2, 0.25) is 0 Å². The van der Waals surface area contributed by atoms with Crippen LogP contribution in [-0.2, 0) is 12.4 Å². The van der Waals surface area contributed by atoms with Gasteiger partial charge in [-0.3, -0.25) is 0 Å². The first kappa shape index (κ1) is 12.0. The summed E-state index contributed by atoms with van der Waals surface area (Å²) in [5, 5.41) is 0. The van der Waals surface area contributed by atoms with Gasteiger partial charge in [0.05, 0.1) is 16.9 Å². The van der Waals surface area contributed by atoms with Crippen LogP contribution in [-0.4, -0.2) is 9.55 Å². The number of para-hydroxylation sites is 1. The van der Waals surface area contributed by atoms with E-state index in [1.54, 1.807) is 0 Å². The van der Waals surface area contributed by atoms with Gasteiger partial charge in [0.1, 0.15) is 5.82 Å². The lowest BCUT2D eigenvalue weighted by molar-refractivity contribution is 0.133. The summed E-state index contributed by atoms with van der Waals surface area (Å²) >= 11 is 6.06. The molecule has 0 aliphatic heterocycles. The summed E-state index contributed by atoms with van der Waals surface area (Å²) in [5.74, 6) is 1.50. The van der Waals surface area contributed by atoms with Crippen molar-refractivity contribution in [1.82, 2.24) is 9.55 Å². The van der Waals surface area contributed by atoms with Crippen LogP contribution in [0.4, 0.5) is 0 Å². The molecule has 1 aliphatic carbocycles. The van der Waals surface area contributed by atoms with Crippen molar-refractivity contribution in [2.75, 3.05) is 0 Å². The smallest absolute Gasteiger partial charge is 0.124 e. The van der Waals surface area contributed by atoms with Crippen molar-refractivity contribution in [1.29, 1.82) is 0 Å². The largest absolute Gasteiger partial charge is 0.326 e. The molecule has 1 saturated carbocycles. The normalized spacial score (nSPS) is 17.9. The molecule has 3 rings (SSSR count). The van der Waals surface area contributed by atoms with Gasteiger partial charge in [0.15, 0.2) is 0 Å². The van der Waals surface area contributed by atoms with Crippen LogP contribution in [0.3, 0.4) is 0 Å². The second-order valence-corrected chi connectivity index (χ2v) is 6.12. The zero-order valence-corrected chi connectivity index (χ0v) is 11.8. The molecule has 18 heavy (non-hydrogen) atoms. The fourth-order valence-corrected chi connectivity index (χ4v) is 3.21. The first-order chi connectivity index (χ1) is 8.63. The summed E-state index contributed by atoms with van der Waals surface area (Å²) in [6.07, 6.45) is 4.00. The lowest BCUT2D eigenvalue weighted by Gasteiger charge is -2.39. The molecule has 1 fully saturated rings. The monoisotopic (exact) mass is 262 g/mol. The molecule has 0 N–H and O–H groups in total. The van der Waals surface area contributed by atoms with Crippen molar-refractivity contribution in [2.45, 2.75) is 45.5 Å². The minimum atomic E-state index is 0.441. The summed E-state index contributed by atoms with van der Waals surface area (Å²) < 4.78 is 2.34. The van der Waals surface area contributed by atoms with Gasteiger partial charge in [-0.1, -0.05) is 25.5 Å². The van der Waals surface area contributed by atoms with Crippen LogP contribution in [0.25, 0.3) is 11.0 Å². The average molecular weight is 263 g/mol. The zero-order chi connectivity index (χ0) is 12.8. The van der Waals surface area contributed by atoms with Crippen LogP contribution in [0.1, 0.15) is 37.6 Å². The molecule has 2 nitrogen and oxygen atoms in total. The van der Waals surface area contributed by atoms with Crippen LogP contribution >= 0.6 is 11.6 Å². The number of benzene rings is 1. The standard InChI is InChI=1S/C15H19ClN2/c1-11-5-3-6-12-14(11)18(13(9-16)17-12)10-15(2)7-4-8-15/h3,5-6H,4,7-10H2,1-2H3. The number of hydrogen-bond acceptors (Lipinski definition) is 1. The molecule has 1 heterocycles. The predicted octanol–water partition coefficient (Wildman–Crippen LogP) is 4.27. The highest BCUT2D eigenvalue weighted by Crippen LogP contribution is 2.42. The van der Waals surface area contributed by atoms with Gasteiger partial charge in [-0.2, -0.15) is 0 Å². The van der Waals surface area contributed by atoms with E-state index in [1.807, 2.05) is 0 Å². The number of alkyl halides is 1. The Labute approximate surface area is 113 Å². The highest BCUT2D eigenvalue weighted by atomic mass is 35.5. The summed E-state index contributed by atoms with van der Waals surface area (Å²) in [7, 11) is 0. The van der Waals surface area contributed by atoms with Crippen molar-refractivity contribution >= 4 is 22.6 Å². The molecule has 0 spiro atoms. The number of imidazole rings is 1. The highest BCUT2D eigenvalue weighted by Gasteiger charge is 2.33. The quantitative estimate of drug-likeness (QED) is 0.755. The molecule has 1 aromatic carbocycles. The Hall–Kier alpha value is -1.02. The van der Waals surface area contributed by atoms with Crippen molar-refractivity contribution in [2.24, 2.45) is 5.41 Å². The summed E-state index contributed by atoms with van der Waals surface area (Å²) in [4.78, 5) is 4.67. The third kappa shape index (κ3) is 1.83. The number of rotatable bonds is 3. The van der Waals surface area contributed by atoms with Crippen molar-refractivity contribution in [3.63, 3.8) is 0 Å². The molecule has 0 bridgehead atoms. The van der Waals surface area contributed by atoms with E-state index in [2.05, 4.69) is 41.6 Å². The fraction of sp³-hybridized carbons (Fsp3) is 0.533. The Morgan fingerprint density at radius 1 is 1.39 bits per heavy atom. The number of halogens is 1. The minimum Gasteiger partial charge on any atom is -0.326 e. The Bertz CT molecular complexity index is 581. The van der Waals surface area contributed by atoms with Gasteiger partial charge in [0.25, 0.3) is 0 Å². The molecule has 3 heteroatoms. The van der Waals surface area contributed by atoms with Crippen LogP contribution in [0.15, 0.2) is 18.2 Å². The third-order valence-electron chi connectivity index (χ3n) is 4.27. The molecule has 0 unspecified atom stereocenters. The number of aromatic nitrogens is 2. The molecule has 2 aromatic rings. The molecule has 96 valence electrons. The highest BCUT2D eigenvalue weighted by molar-refractivity contribution is 6.16. The van der Waals surface area contributed by atoms with Crippen molar-refractivity contribution in [3.8, 4) is 0 Å². The van der Waals surface area contributed by atoms with E-state index in [0.29, 0.717) is 11.3 Å². The predicted molar refractivity (Wildman–Crippen MR) is 76.0 cm³/mol. The Morgan fingerprint density at radius 2 is 2.17 bits per heavy atom. The molecule has 0 amide bonds. The average Bonchev–Trinajstić information content (AvgIpc) is 2.66. The van der Waals surface area contributed by atoms with E-state index in [0.717, 1.165) is 17.9 Å². The van der Waals surface area contributed by atoms with E-state index in [-0.39, 0.29) is 0 Å². The number of hydrogen-bond donors (Lipinski definition) is 0. The van der Waals surface area contributed by atoms with Crippen LogP contribution in [0, 0.1) is 12.3 Å². The summed E-state index contributed by atoms with van der Waals surface area (Å²) in [6, 6.07) is 6.30. The Kier molecular flexibility index (Phi) is 2.86. The van der Waals surface area contributed by atoms with E-state index < -0.39 is 0 Å². The van der Waals surface area contributed by atoms with Gasteiger partial charge < -0.3 is 4.57 Å². The maximum absolute atomic E-state index is 6.06. The van der Waals surface area contributed by atoms with E-state index in [1.165, 1.54) is 30.3 Å². The maximum atomic E-state index is 6.06.